The monoisotopic (exact) mass is 474 g/mol. The fourth-order valence-electron chi connectivity index (χ4n) is 5.36. The van der Waals surface area contributed by atoms with Gasteiger partial charge in [-0.15, -0.1) is 0 Å². The number of fused-ring (bicyclic) bond motifs is 2. The van der Waals surface area contributed by atoms with Crippen molar-refractivity contribution in [3.63, 3.8) is 0 Å². The van der Waals surface area contributed by atoms with Crippen molar-refractivity contribution in [2.75, 3.05) is 57.5 Å². The van der Waals surface area contributed by atoms with Crippen molar-refractivity contribution < 1.29 is 13.9 Å². The number of H-pyrrole nitrogens is 1. The van der Waals surface area contributed by atoms with E-state index in [1.807, 2.05) is 24.4 Å². The Bertz CT molecular complexity index is 1390. The van der Waals surface area contributed by atoms with Crippen LogP contribution >= 0.6 is 0 Å². The number of morpholine rings is 1. The van der Waals surface area contributed by atoms with E-state index in [1.54, 1.807) is 6.07 Å². The van der Waals surface area contributed by atoms with Crippen molar-refractivity contribution in [3.8, 4) is 11.4 Å². The first-order chi connectivity index (χ1) is 17.2. The lowest BCUT2D eigenvalue weighted by atomic mass is 9.84. The maximum Gasteiger partial charge on any atom is 0.165 e. The van der Waals surface area contributed by atoms with Crippen LogP contribution in [0.1, 0.15) is 5.69 Å². The van der Waals surface area contributed by atoms with Crippen LogP contribution in [-0.2, 0) is 16.0 Å². The van der Waals surface area contributed by atoms with Crippen molar-refractivity contribution in [3.05, 3.63) is 48.0 Å². The second-order valence-electron chi connectivity index (χ2n) is 9.75. The maximum absolute atomic E-state index is 15.1. The molecule has 1 aromatic carbocycles. The summed E-state index contributed by atoms with van der Waals surface area (Å²) in [5.41, 5.74) is 3.76. The second-order valence-corrected chi connectivity index (χ2v) is 9.75. The summed E-state index contributed by atoms with van der Waals surface area (Å²) in [5, 5.41) is 0.769. The SMILES string of the molecule is Fc1ccc2[nH]ccc2c1-c1nc(N2CCOCC2)c2nc(CN3CC(C4COC4)C3)ccc2n1. The van der Waals surface area contributed by atoms with Crippen LogP contribution in [0.5, 0.6) is 0 Å². The Morgan fingerprint density at radius 3 is 2.60 bits per heavy atom. The molecule has 8 nitrogen and oxygen atoms in total. The van der Waals surface area contributed by atoms with Gasteiger partial charge in [0.1, 0.15) is 11.3 Å². The predicted molar refractivity (Wildman–Crippen MR) is 131 cm³/mol. The van der Waals surface area contributed by atoms with E-state index in [4.69, 9.17) is 24.4 Å². The number of likely N-dealkylation sites (tertiary alicyclic amines) is 1. The summed E-state index contributed by atoms with van der Waals surface area (Å²) in [6, 6.07) is 9.11. The zero-order valence-corrected chi connectivity index (χ0v) is 19.4. The zero-order valence-electron chi connectivity index (χ0n) is 19.4. The Morgan fingerprint density at radius 2 is 1.80 bits per heavy atom. The van der Waals surface area contributed by atoms with Gasteiger partial charge in [0.05, 0.1) is 43.2 Å². The van der Waals surface area contributed by atoms with E-state index in [-0.39, 0.29) is 5.82 Å². The number of hydrogen-bond donors (Lipinski definition) is 1. The van der Waals surface area contributed by atoms with Crippen LogP contribution < -0.4 is 4.90 Å². The summed E-state index contributed by atoms with van der Waals surface area (Å²) in [6.07, 6.45) is 1.81. The molecule has 9 heteroatoms. The fraction of sp³-hybridized carbons (Fsp3) is 0.423. The van der Waals surface area contributed by atoms with E-state index in [0.29, 0.717) is 37.7 Å². The maximum atomic E-state index is 15.1. The third-order valence-electron chi connectivity index (χ3n) is 7.50. The summed E-state index contributed by atoms with van der Waals surface area (Å²) < 4.78 is 26.0. The first-order valence-electron chi connectivity index (χ1n) is 12.3. The highest BCUT2D eigenvalue weighted by molar-refractivity contribution is 5.96. The lowest BCUT2D eigenvalue weighted by Crippen LogP contribution is -2.53. The van der Waals surface area contributed by atoms with Crippen LogP contribution in [-0.4, -0.2) is 77.4 Å². The summed E-state index contributed by atoms with van der Waals surface area (Å²) in [5.74, 6) is 2.25. The number of aromatic nitrogens is 4. The van der Waals surface area contributed by atoms with Gasteiger partial charge in [-0.1, -0.05) is 0 Å². The smallest absolute Gasteiger partial charge is 0.165 e. The van der Waals surface area contributed by atoms with E-state index < -0.39 is 0 Å². The average Bonchev–Trinajstić information content (AvgIpc) is 3.30. The fourth-order valence-corrected chi connectivity index (χ4v) is 5.36. The van der Waals surface area contributed by atoms with Crippen LogP contribution in [0.15, 0.2) is 36.5 Å². The number of rotatable bonds is 5. The highest BCUT2D eigenvalue weighted by Crippen LogP contribution is 2.34. The van der Waals surface area contributed by atoms with Gasteiger partial charge in [0, 0.05) is 55.7 Å². The molecule has 35 heavy (non-hydrogen) atoms. The Kier molecular flexibility index (Phi) is 5.15. The average molecular weight is 475 g/mol. The topological polar surface area (TPSA) is 79.4 Å². The zero-order chi connectivity index (χ0) is 23.4. The molecule has 0 spiro atoms. The van der Waals surface area contributed by atoms with Crippen LogP contribution in [0, 0.1) is 17.7 Å². The predicted octanol–water partition coefficient (Wildman–Crippen LogP) is 3.23. The molecule has 0 radical (unpaired) electrons. The Balaban J connectivity index is 1.27. The molecule has 3 aliphatic heterocycles. The number of pyridine rings is 1. The normalized spacial score (nSPS) is 19.9. The molecule has 180 valence electrons. The Labute approximate surface area is 202 Å². The molecule has 6 heterocycles. The molecule has 0 bridgehead atoms. The third-order valence-corrected chi connectivity index (χ3v) is 7.50. The number of nitrogens with zero attached hydrogens (tertiary/aromatic N) is 5. The van der Waals surface area contributed by atoms with Gasteiger partial charge >= 0.3 is 0 Å². The first kappa shape index (κ1) is 21.2. The largest absolute Gasteiger partial charge is 0.381 e. The molecule has 0 unspecified atom stereocenters. The van der Waals surface area contributed by atoms with E-state index in [0.717, 1.165) is 78.1 Å². The molecule has 0 atom stereocenters. The van der Waals surface area contributed by atoms with E-state index in [2.05, 4.69) is 14.8 Å². The van der Waals surface area contributed by atoms with Gasteiger partial charge in [0.25, 0.3) is 0 Å². The van der Waals surface area contributed by atoms with Gasteiger partial charge in [-0.3, -0.25) is 4.90 Å². The standard InChI is InChI=1S/C26H27FN6O2/c27-20-2-4-21-19(5-6-28-21)23(20)25-30-22-3-1-18(13-32-11-16(12-32)17-14-35-15-17)29-24(22)26(31-25)33-7-9-34-10-8-33/h1-6,16-17,28H,7-15H2. The van der Waals surface area contributed by atoms with Crippen molar-refractivity contribution in [1.29, 1.82) is 0 Å². The second kappa shape index (κ2) is 8.51. The molecule has 3 aromatic heterocycles. The summed E-state index contributed by atoms with van der Waals surface area (Å²) >= 11 is 0. The summed E-state index contributed by atoms with van der Waals surface area (Å²) in [4.78, 5) is 22.5. The first-order valence-corrected chi connectivity index (χ1v) is 12.3. The van der Waals surface area contributed by atoms with Gasteiger partial charge in [0.2, 0.25) is 0 Å². The minimum atomic E-state index is -0.335. The molecular formula is C26H27FN6O2. The van der Waals surface area contributed by atoms with Crippen LogP contribution in [0.2, 0.25) is 0 Å². The van der Waals surface area contributed by atoms with E-state index in [1.165, 1.54) is 6.07 Å². The number of aromatic amines is 1. The van der Waals surface area contributed by atoms with Crippen LogP contribution in [0.3, 0.4) is 0 Å². The minimum Gasteiger partial charge on any atom is -0.381 e. The number of halogens is 1. The van der Waals surface area contributed by atoms with Crippen molar-refractivity contribution >= 4 is 27.8 Å². The molecule has 7 rings (SSSR count). The van der Waals surface area contributed by atoms with Crippen molar-refractivity contribution in [1.82, 2.24) is 24.8 Å². The molecule has 3 aliphatic rings. The Morgan fingerprint density at radius 1 is 0.943 bits per heavy atom. The van der Waals surface area contributed by atoms with Crippen LogP contribution in [0.25, 0.3) is 33.3 Å². The van der Waals surface area contributed by atoms with E-state index in [9.17, 15) is 0 Å². The third kappa shape index (κ3) is 3.74. The molecule has 0 amide bonds. The highest BCUT2D eigenvalue weighted by atomic mass is 19.1. The molecule has 4 aromatic rings. The number of hydrogen-bond acceptors (Lipinski definition) is 7. The number of nitrogens with one attached hydrogen (secondary N) is 1. The lowest BCUT2D eigenvalue weighted by Gasteiger charge is -2.46. The Hall–Kier alpha value is -3.14. The molecule has 3 fully saturated rings. The van der Waals surface area contributed by atoms with Gasteiger partial charge in [-0.05, 0) is 36.2 Å². The molecular weight excluding hydrogens is 447 g/mol. The number of ether oxygens (including phenoxy) is 2. The molecule has 1 N–H and O–H groups in total. The molecule has 3 saturated heterocycles. The lowest BCUT2D eigenvalue weighted by molar-refractivity contribution is -0.0998. The molecule has 0 aliphatic carbocycles. The van der Waals surface area contributed by atoms with Crippen LogP contribution in [0.4, 0.5) is 10.2 Å². The van der Waals surface area contributed by atoms with E-state index >= 15 is 4.39 Å². The minimum absolute atomic E-state index is 0.335. The van der Waals surface area contributed by atoms with Gasteiger partial charge < -0.3 is 19.4 Å². The van der Waals surface area contributed by atoms with Gasteiger partial charge in [0.15, 0.2) is 11.6 Å². The van der Waals surface area contributed by atoms with Crippen molar-refractivity contribution in [2.24, 2.45) is 11.8 Å². The van der Waals surface area contributed by atoms with Crippen molar-refractivity contribution in [2.45, 2.75) is 6.54 Å². The van der Waals surface area contributed by atoms with Gasteiger partial charge in [-0.2, -0.15) is 0 Å². The molecule has 0 saturated carbocycles. The highest BCUT2D eigenvalue weighted by Gasteiger charge is 2.37. The van der Waals surface area contributed by atoms with Gasteiger partial charge in [-0.25, -0.2) is 19.3 Å². The number of anilines is 1. The quantitative estimate of drug-likeness (QED) is 0.476. The number of benzene rings is 1. The summed E-state index contributed by atoms with van der Waals surface area (Å²) in [6.45, 7) is 7.50. The summed E-state index contributed by atoms with van der Waals surface area (Å²) in [7, 11) is 0.